The van der Waals surface area contributed by atoms with E-state index in [1.165, 1.54) is 24.0 Å². The van der Waals surface area contributed by atoms with Crippen molar-refractivity contribution in [3.8, 4) is 0 Å². The van der Waals surface area contributed by atoms with Gasteiger partial charge in [-0.05, 0) is 61.3 Å². The maximum atomic E-state index is 12.1. The summed E-state index contributed by atoms with van der Waals surface area (Å²) in [7, 11) is 0. The van der Waals surface area contributed by atoms with Crippen LogP contribution < -0.4 is 10.9 Å². The molecule has 1 heterocycles. The lowest BCUT2D eigenvalue weighted by Crippen LogP contribution is -2.17. The number of H-pyrrole nitrogens is 1. The molecule has 0 amide bonds. The molecule has 2 unspecified atom stereocenters. The lowest BCUT2D eigenvalue weighted by Gasteiger charge is -2.19. The van der Waals surface area contributed by atoms with Gasteiger partial charge in [-0.1, -0.05) is 12.1 Å². The van der Waals surface area contributed by atoms with E-state index < -0.39 is 0 Å². The zero-order valence-electron chi connectivity index (χ0n) is 11.6. The van der Waals surface area contributed by atoms with E-state index >= 15 is 0 Å². The van der Waals surface area contributed by atoms with Gasteiger partial charge in [-0.25, -0.2) is 0 Å². The van der Waals surface area contributed by atoms with Crippen LogP contribution in [0.4, 0.5) is 11.4 Å². The molecule has 102 valence electrons. The van der Waals surface area contributed by atoms with E-state index in [4.69, 9.17) is 0 Å². The van der Waals surface area contributed by atoms with Crippen molar-refractivity contribution in [1.82, 2.24) is 4.98 Å². The maximum Gasteiger partial charge on any atom is 0.251 e. The Morgan fingerprint density at radius 1 is 1.20 bits per heavy atom. The topological polar surface area (TPSA) is 44.9 Å². The molecule has 2 bridgehead atoms. The SMILES string of the molecule is Cc1cccc(Nc2c[nH]c(=O)c3c2C2CCC3C2)c1. The number of aromatic amines is 1. The number of anilines is 2. The van der Waals surface area contributed by atoms with Crippen molar-refractivity contribution in [2.45, 2.75) is 38.0 Å². The summed E-state index contributed by atoms with van der Waals surface area (Å²) in [4.78, 5) is 15.0. The molecule has 20 heavy (non-hydrogen) atoms. The van der Waals surface area contributed by atoms with Gasteiger partial charge in [0.15, 0.2) is 0 Å². The predicted molar refractivity (Wildman–Crippen MR) is 80.9 cm³/mol. The second-order valence-corrected chi connectivity index (χ2v) is 6.06. The van der Waals surface area contributed by atoms with Crippen LogP contribution in [0.15, 0.2) is 35.3 Å². The van der Waals surface area contributed by atoms with Gasteiger partial charge in [-0.3, -0.25) is 4.79 Å². The largest absolute Gasteiger partial charge is 0.354 e. The fourth-order valence-corrected chi connectivity index (χ4v) is 3.89. The second-order valence-electron chi connectivity index (χ2n) is 6.06. The molecule has 0 spiro atoms. The summed E-state index contributed by atoms with van der Waals surface area (Å²) in [6, 6.07) is 8.34. The Morgan fingerprint density at radius 3 is 2.80 bits per heavy atom. The molecule has 1 fully saturated rings. The molecular formula is C17H18N2O. The summed E-state index contributed by atoms with van der Waals surface area (Å²) in [5.74, 6) is 1.06. The molecule has 2 atom stereocenters. The minimum atomic E-state index is 0.113. The van der Waals surface area contributed by atoms with E-state index in [-0.39, 0.29) is 5.56 Å². The standard InChI is InChI=1S/C17H18N2O/c1-10-3-2-4-13(7-10)19-14-9-18-17(20)16-12-6-5-11(8-12)15(14)16/h2-4,7,9,11-12,19H,5-6,8H2,1H3,(H,18,20). The molecule has 3 heteroatoms. The highest BCUT2D eigenvalue weighted by molar-refractivity contribution is 5.67. The average Bonchev–Trinajstić information content (AvgIpc) is 3.03. The second kappa shape index (κ2) is 4.23. The van der Waals surface area contributed by atoms with Crippen LogP contribution in [0.5, 0.6) is 0 Å². The Morgan fingerprint density at radius 2 is 2.00 bits per heavy atom. The van der Waals surface area contributed by atoms with Crippen LogP contribution in [0, 0.1) is 6.92 Å². The maximum absolute atomic E-state index is 12.1. The summed E-state index contributed by atoms with van der Waals surface area (Å²) < 4.78 is 0. The normalized spacial score (nSPS) is 22.9. The van der Waals surface area contributed by atoms with Gasteiger partial charge in [-0.15, -0.1) is 0 Å². The van der Waals surface area contributed by atoms with Crippen LogP contribution in [-0.2, 0) is 0 Å². The molecule has 1 saturated carbocycles. The lowest BCUT2D eigenvalue weighted by molar-refractivity contribution is 0.709. The Bertz CT molecular complexity index is 732. The molecule has 1 aromatic carbocycles. The Balaban J connectivity index is 1.79. The third-order valence-electron chi connectivity index (χ3n) is 4.72. The van der Waals surface area contributed by atoms with E-state index in [0.717, 1.165) is 23.4 Å². The van der Waals surface area contributed by atoms with Gasteiger partial charge < -0.3 is 10.3 Å². The number of nitrogens with one attached hydrogen (secondary N) is 2. The van der Waals surface area contributed by atoms with Crippen molar-refractivity contribution in [2.24, 2.45) is 0 Å². The molecule has 0 radical (unpaired) electrons. The van der Waals surface area contributed by atoms with Crippen molar-refractivity contribution < 1.29 is 0 Å². The van der Waals surface area contributed by atoms with Crippen molar-refractivity contribution in [3.63, 3.8) is 0 Å². The molecule has 2 aliphatic rings. The minimum absolute atomic E-state index is 0.113. The fourth-order valence-electron chi connectivity index (χ4n) is 3.89. The van der Waals surface area contributed by atoms with E-state index in [1.807, 2.05) is 6.20 Å². The van der Waals surface area contributed by atoms with Crippen LogP contribution in [0.25, 0.3) is 0 Å². The highest BCUT2D eigenvalue weighted by atomic mass is 16.1. The monoisotopic (exact) mass is 266 g/mol. The third-order valence-corrected chi connectivity index (χ3v) is 4.72. The first-order valence-electron chi connectivity index (χ1n) is 7.31. The molecule has 0 aliphatic heterocycles. The molecule has 2 N–H and O–H groups in total. The number of rotatable bonds is 2. The van der Waals surface area contributed by atoms with Crippen molar-refractivity contribution in [2.75, 3.05) is 5.32 Å². The summed E-state index contributed by atoms with van der Waals surface area (Å²) in [6.07, 6.45) is 5.40. The number of fused-ring (bicyclic) bond motifs is 5. The van der Waals surface area contributed by atoms with Crippen molar-refractivity contribution in [3.05, 3.63) is 57.5 Å². The third kappa shape index (κ3) is 1.69. The van der Waals surface area contributed by atoms with Gasteiger partial charge >= 0.3 is 0 Å². The quantitative estimate of drug-likeness (QED) is 0.868. The predicted octanol–water partition coefficient (Wildman–Crippen LogP) is 3.79. The number of aryl methyl sites for hydroxylation is 1. The van der Waals surface area contributed by atoms with Gasteiger partial charge in [0.25, 0.3) is 5.56 Å². The van der Waals surface area contributed by atoms with E-state index in [9.17, 15) is 4.79 Å². The highest BCUT2D eigenvalue weighted by Gasteiger charge is 2.40. The Labute approximate surface area is 118 Å². The molecule has 1 aromatic heterocycles. The average molecular weight is 266 g/mol. The summed E-state index contributed by atoms with van der Waals surface area (Å²) in [6.45, 7) is 2.09. The first-order valence-corrected chi connectivity index (χ1v) is 7.31. The summed E-state index contributed by atoms with van der Waals surface area (Å²) >= 11 is 0. The van der Waals surface area contributed by atoms with Crippen molar-refractivity contribution >= 4 is 11.4 Å². The van der Waals surface area contributed by atoms with Gasteiger partial charge in [0, 0.05) is 17.4 Å². The minimum Gasteiger partial charge on any atom is -0.354 e. The zero-order valence-corrected chi connectivity index (χ0v) is 11.6. The number of pyridine rings is 1. The number of aromatic nitrogens is 1. The van der Waals surface area contributed by atoms with Crippen LogP contribution >= 0.6 is 0 Å². The molecule has 3 nitrogen and oxygen atoms in total. The molecule has 2 aromatic rings. The number of hydrogen-bond acceptors (Lipinski definition) is 2. The molecular weight excluding hydrogens is 248 g/mol. The van der Waals surface area contributed by atoms with Crippen LogP contribution in [0.3, 0.4) is 0 Å². The summed E-state index contributed by atoms with van der Waals surface area (Å²) in [5.41, 5.74) is 5.82. The van der Waals surface area contributed by atoms with E-state index in [2.05, 4.69) is 41.5 Å². The Hall–Kier alpha value is -2.03. The van der Waals surface area contributed by atoms with Crippen LogP contribution in [-0.4, -0.2) is 4.98 Å². The van der Waals surface area contributed by atoms with Crippen LogP contribution in [0.2, 0.25) is 0 Å². The number of benzene rings is 1. The van der Waals surface area contributed by atoms with Gasteiger partial charge in [-0.2, -0.15) is 0 Å². The molecule has 2 aliphatic carbocycles. The molecule has 4 rings (SSSR count). The molecule has 0 saturated heterocycles. The van der Waals surface area contributed by atoms with Gasteiger partial charge in [0.05, 0.1) is 5.69 Å². The fraction of sp³-hybridized carbons (Fsp3) is 0.353. The first kappa shape index (κ1) is 11.8. The van der Waals surface area contributed by atoms with E-state index in [0.29, 0.717) is 11.8 Å². The number of hydrogen-bond donors (Lipinski definition) is 2. The first-order chi connectivity index (χ1) is 9.72. The van der Waals surface area contributed by atoms with E-state index in [1.54, 1.807) is 0 Å². The Kier molecular flexibility index (Phi) is 2.49. The highest BCUT2D eigenvalue weighted by Crippen LogP contribution is 2.53. The zero-order chi connectivity index (χ0) is 13.7. The van der Waals surface area contributed by atoms with Crippen molar-refractivity contribution in [1.29, 1.82) is 0 Å². The lowest BCUT2D eigenvalue weighted by atomic mass is 9.92. The van der Waals surface area contributed by atoms with Gasteiger partial charge in [0.1, 0.15) is 0 Å². The summed E-state index contributed by atoms with van der Waals surface area (Å²) in [5, 5.41) is 3.49. The smallest absolute Gasteiger partial charge is 0.251 e. The van der Waals surface area contributed by atoms with Crippen LogP contribution in [0.1, 0.15) is 47.8 Å². The van der Waals surface area contributed by atoms with Gasteiger partial charge in [0.2, 0.25) is 0 Å².